The molecule has 1 unspecified atom stereocenters. The normalized spacial score (nSPS) is 22.2. The Morgan fingerprint density at radius 1 is 0.882 bits per heavy atom. The maximum absolute atomic E-state index is 14.0. The molecule has 0 aromatic heterocycles. The van der Waals surface area contributed by atoms with Crippen molar-refractivity contribution in [3.8, 4) is 17.6 Å². The Morgan fingerprint density at radius 3 is 2.18 bits per heavy atom. The molecule has 1 saturated carbocycles. The number of benzene rings is 3. The second-order valence-electron chi connectivity index (χ2n) is 20.2. The van der Waals surface area contributed by atoms with Gasteiger partial charge in [0, 0.05) is 41.5 Å². The molecule has 3 aromatic rings. The molecule has 0 radical (unpaired) electrons. The van der Waals surface area contributed by atoms with E-state index in [0.29, 0.717) is 93.1 Å². The van der Waals surface area contributed by atoms with Crippen LogP contribution in [-0.2, 0) is 35.0 Å². The first-order valence-corrected chi connectivity index (χ1v) is 24.0. The van der Waals surface area contributed by atoms with Crippen molar-refractivity contribution >= 4 is 35.2 Å². The van der Waals surface area contributed by atoms with Crippen LogP contribution in [0, 0.1) is 27.6 Å². The summed E-state index contributed by atoms with van der Waals surface area (Å²) in [5.74, 6) is 0.232. The number of carbonyl (C=O) groups is 4. The van der Waals surface area contributed by atoms with E-state index in [2.05, 4.69) is 55.0 Å². The molecule has 1 aliphatic heterocycles. The van der Waals surface area contributed by atoms with Crippen LogP contribution >= 0.6 is 11.6 Å². The standard InChI is InChI=1S/C52H69ClN6O9/c1-32(55-9)44(60)57-43(50(2,3)4)47(63)59-22-12-15-40(59)46(62)56-42-38-14-11-10-13-34(38)29-41(42)67-28-26-65-24-23-64-25-27-66-36-19-16-33(17-20-36)45(61)58-48-51(5,6)49(52(48,7)8)68-37-21-18-35(31-54)39(53)30-37/h10-11,13-14,16-21,30,32,40-43,48-49,55H,12,15,22-29H2,1-9H3,(H,56,62)(H,57,60)(H,58,61)/t32-,40?,41+,42-,43+,48-,49-/m0/s1. The highest BCUT2D eigenvalue weighted by atomic mass is 35.5. The second kappa shape index (κ2) is 22.5. The summed E-state index contributed by atoms with van der Waals surface area (Å²) in [6.45, 7) is 18.2. The number of nitriles is 1. The molecule has 6 rings (SSSR count). The number of fused-ring (bicyclic) bond motifs is 1. The lowest BCUT2D eigenvalue weighted by Gasteiger charge is -2.63. The molecule has 0 spiro atoms. The predicted octanol–water partition coefficient (Wildman–Crippen LogP) is 6.16. The van der Waals surface area contributed by atoms with Crippen LogP contribution in [0.25, 0.3) is 0 Å². The third-order valence-corrected chi connectivity index (χ3v) is 13.8. The maximum atomic E-state index is 14.0. The molecular weight excluding hydrogens is 888 g/mol. The number of carbonyl (C=O) groups excluding carboxylic acids is 4. The fourth-order valence-electron chi connectivity index (χ4n) is 9.96. The van der Waals surface area contributed by atoms with Crippen LogP contribution in [0.1, 0.15) is 101 Å². The number of ether oxygens (including phenoxy) is 5. The molecule has 2 fully saturated rings. The topological polar surface area (TPSA) is 190 Å². The lowest BCUT2D eigenvalue weighted by Crippen LogP contribution is -2.74. The van der Waals surface area contributed by atoms with Crippen LogP contribution in [0.4, 0.5) is 0 Å². The summed E-state index contributed by atoms with van der Waals surface area (Å²) >= 11 is 6.24. The number of hydrogen-bond acceptors (Lipinski definition) is 11. The largest absolute Gasteiger partial charge is 0.491 e. The SMILES string of the molecule is CN[C@@H](C)C(=O)N[C@H](C(=O)N1CCCC1C(=O)N[C@H]1c2ccccc2C[C@H]1OCCOCCOCCOc1ccc(C(=O)N[C@H]2C(C)(C)[C@H](Oc3ccc(C#N)c(Cl)c3)C2(C)C)cc1)C(C)(C)C. The number of hydrogen-bond donors (Lipinski definition) is 4. The summed E-state index contributed by atoms with van der Waals surface area (Å²) in [5, 5.41) is 21.8. The van der Waals surface area contributed by atoms with E-state index < -0.39 is 29.6 Å². The Balaban J connectivity index is 0.885. The number of nitrogens with zero attached hydrogens (tertiary/aromatic N) is 2. The molecule has 368 valence electrons. The fourth-order valence-corrected chi connectivity index (χ4v) is 10.2. The molecule has 5 atom stereocenters. The average molecular weight is 958 g/mol. The minimum absolute atomic E-state index is 0.166. The van der Waals surface area contributed by atoms with Crippen LogP contribution in [0.15, 0.2) is 66.7 Å². The molecule has 16 heteroatoms. The third-order valence-electron chi connectivity index (χ3n) is 13.5. The zero-order valence-electron chi connectivity index (χ0n) is 40.9. The van der Waals surface area contributed by atoms with Gasteiger partial charge in [-0.3, -0.25) is 19.2 Å². The Hall–Kier alpha value is -5.24. The Morgan fingerprint density at radius 2 is 1.53 bits per heavy atom. The summed E-state index contributed by atoms with van der Waals surface area (Å²) in [5.41, 5.74) is 1.65. The van der Waals surface area contributed by atoms with E-state index in [1.165, 1.54) is 0 Å². The average Bonchev–Trinajstić information content (AvgIpc) is 3.94. The van der Waals surface area contributed by atoms with E-state index in [0.717, 1.165) is 11.1 Å². The second-order valence-corrected chi connectivity index (χ2v) is 20.6. The van der Waals surface area contributed by atoms with Crippen molar-refractivity contribution in [2.45, 2.75) is 117 Å². The highest BCUT2D eigenvalue weighted by molar-refractivity contribution is 6.31. The van der Waals surface area contributed by atoms with Gasteiger partial charge >= 0.3 is 0 Å². The van der Waals surface area contributed by atoms with Gasteiger partial charge in [-0.15, -0.1) is 0 Å². The van der Waals surface area contributed by atoms with Gasteiger partial charge in [0.25, 0.3) is 5.91 Å². The van der Waals surface area contributed by atoms with Gasteiger partial charge in [0.15, 0.2) is 0 Å². The quantitative estimate of drug-likeness (QED) is 0.0895. The molecule has 3 aromatic carbocycles. The van der Waals surface area contributed by atoms with Gasteiger partial charge in [-0.25, -0.2) is 0 Å². The van der Waals surface area contributed by atoms with Crippen molar-refractivity contribution in [2.75, 3.05) is 53.2 Å². The van der Waals surface area contributed by atoms with Crippen molar-refractivity contribution < 1.29 is 42.9 Å². The molecule has 68 heavy (non-hydrogen) atoms. The monoisotopic (exact) mass is 956 g/mol. The van der Waals surface area contributed by atoms with Crippen molar-refractivity contribution in [3.05, 3.63) is 94.0 Å². The molecule has 3 aliphatic rings. The lowest BCUT2D eigenvalue weighted by atomic mass is 9.49. The lowest BCUT2D eigenvalue weighted by molar-refractivity contribution is -0.164. The van der Waals surface area contributed by atoms with E-state index in [1.807, 2.05) is 45.0 Å². The zero-order chi connectivity index (χ0) is 49.4. The predicted molar refractivity (Wildman–Crippen MR) is 258 cm³/mol. The van der Waals surface area contributed by atoms with E-state index in [9.17, 15) is 24.4 Å². The molecule has 4 amide bonds. The first-order valence-electron chi connectivity index (χ1n) is 23.6. The van der Waals surface area contributed by atoms with Crippen LogP contribution in [0.5, 0.6) is 11.5 Å². The molecule has 15 nitrogen and oxygen atoms in total. The van der Waals surface area contributed by atoms with Crippen molar-refractivity contribution in [3.63, 3.8) is 0 Å². The summed E-state index contributed by atoms with van der Waals surface area (Å²) in [6.07, 6.45) is 1.32. The van der Waals surface area contributed by atoms with Crippen molar-refractivity contribution in [1.29, 1.82) is 5.26 Å². The maximum Gasteiger partial charge on any atom is 0.251 e. The molecule has 4 N–H and O–H groups in total. The van der Waals surface area contributed by atoms with E-state index >= 15 is 0 Å². The Kier molecular flexibility index (Phi) is 17.2. The summed E-state index contributed by atoms with van der Waals surface area (Å²) in [7, 11) is 1.69. The van der Waals surface area contributed by atoms with E-state index in [4.69, 9.17) is 35.3 Å². The van der Waals surface area contributed by atoms with Gasteiger partial charge in [0.2, 0.25) is 17.7 Å². The fraction of sp³-hybridized carbons (Fsp3) is 0.558. The van der Waals surface area contributed by atoms with Gasteiger partial charge in [-0.2, -0.15) is 5.26 Å². The number of likely N-dealkylation sites (tertiary alicyclic amines) is 1. The van der Waals surface area contributed by atoms with Gasteiger partial charge in [0.05, 0.1) is 61.8 Å². The van der Waals surface area contributed by atoms with Crippen LogP contribution < -0.4 is 30.7 Å². The van der Waals surface area contributed by atoms with Crippen molar-refractivity contribution in [1.82, 2.24) is 26.2 Å². The van der Waals surface area contributed by atoms with Gasteiger partial charge in [-0.05, 0) is 79.8 Å². The van der Waals surface area contributed by atoms with Gasteiger partial charge < -0.3 is 49.9 Å². The molecule has 1 saturated heterocycles. The first kappa shape index (κ1) is 52.1. The number of amides is 4. The highest BCUT2D eigenvalue weighted by Crippen LogP contribution is 2.55. The summed E-state index contributed by atoms with van der Waals surface area (Å²) < 4.78 is 30.0. The van der Waals surface area contributed by atoms with Crippen LogP contribution in [0.3, 0.4) is 0 Å². The first-order chi connectivity index (χ1) is 32.3. The van der Waals surface area contributed by atoms with E-state index in [-0.39, 0.29) is 52.7 Å². The zero-order valence-corrected chi connectivity index (χ0v) is 41.7. The number of likely N-dealkylation sites (N-methyl/N-ethyl adjacent to an activating group) is 1. The number of halogens is 1. The molecule has 0 bridgehead atoms. The molecule has 2 aliphatic carbocycles. The van der Waals surface area contributed by atoms with Crippen molar-refractivity contribution in [2.24, 2.45) is 16.2 Å². The third kappa shape index (κ3) is 12.1. The smallest absolute Gasteiger partial charge is 0.251 e. The number of rotatable bonds is 21. The number of nitrogens with one attached hydrogen (secondary N) is 4. The Labute approximate surface area is 406 Å². The van der Waals surface area contributed by atoms with Gasteiger partial charge in [0.1, 0.15) is 42.4 Å². The van der Waals surface area contributed by atoms with Crippen LogP contribution in [-0.4, -0.2) is 118 Å². The summed E-state index contributed by atoms with van der Waals surface area (Å²) in [4.78, 5) is 55.8. The molecular formula is C52H69ClN6O9. The minimum Gasteiger partial charge on any atom is -0.491 e. The summed E-state index contributed by atoms with van der Waals surface area (Å²) in [6, 6.07) is 19.6. The van der Waals surface area contributed by atoms with Crippen LogP contribution in [0.2, 0.25) is 5.02 Å². The molecule has 1 heterocycles. The highest BCUT2D eigenvalue weighted by Gasteiger charge is 2.64. The van der Waals surface area contributed by atoms with Gasteiger partial charge in [-0.1, -0.05) is 84.3 Å². The minimum atomic E-state index is -0.797. The Bertz CT molecular complexity index is 2280. The van der Waals surface area contributed by atoms with E-state index in [1.54, 1.807) is 61.3 Å².